The topological polar surface area (TPSA) is 86.8 Å². The molecule has 0 aliphatic rings. The summed E-state index contributed by atoms with van der Waals surface area (Å²) < 4.78 is 66.0. The first-order valence-corrected chi connectivity index (χ1v) is 14.7. The molecule has 1 N–H and O–H groups in total. The molecule has 0 heterocycles. The number of nitrogens with zero attached hydrogens (tertiary/aromatic N) is 2. The minimum atomic E-state index is -4.63. The highest BCUT2D eigenvalue weighted by Gasteiger charge is 2.32. The maximum Gasteiger partial charge on any atom is 0.416 e. The summed E-state index contributed by atoms with van der Waals surface area (Å²) in [5, 5.41) is 2.83. The van der Waals surface area contributed by atoms with E-state index in [1.807, 2.05) is 38.1 Å². The molecule has 0 fully saturated rings. The molecule has 7 nitrogen and oxygen atoms in total. The standard InChI is InChI=1S/C26H33BrF3N3O4S/c1-18(2)16-31-25(35)19(3)32(17-20-10-12-22(27)13-11-20)24(34)9-6-14-33(38(4,36)37)23-8-5-7-21(15-23)26(28,29)30/h5,7-8,10-13,15,18-19H,6,9,14,16-17H2,1-4H3,(H,31,35)/t19-/m1/s1. The first-order chi connectivity index (χ1) is 17.6. The molecule has 0 unspecified atom stereocenters. The number of halogens is 4. The van der Waals surface area contributed by atoms with Crippen molar-refractivity contribution >= 4 is 43.5 Å². The van der Waals surface area contributed by atoms with Crippen LogP contribution in [-0.4, -0.2) is 50.5 Å². The van der Waals surface area contributed by atoms with Crippen LogP contribution in [0.2, 0.25) is 0 Å². The number of benzene rings is 2. The number of alkyl halides is 3. The molecule has 2 aromatic carbocycles. The van der Waals surface area contributed by atoms with Gasteiger partial charge in [-0.05, 0) is 55.2 Å². The Balaban J connectivity index is 2.20. The van der Waals surface area contributed by atoms with E-state index in [9.17, 15) is 31.2 Å². The number of carbonyl (C=O) groups excluding carboxylic acids is 2. The van der Waals surface area contributed by atoms with Gasteiger partial charge in [0.1, 0.15) is 6.04 Å². The molecule has 1 atom stereocenters. The van der Waals surface area contributed by atoms with Crippen molar-refractivity contribution in [3.8, 4) is 0 Å². The van der Waals surface area contributed by atoms with Crippen molar-refractivity contribution in [3.63, 3.8) is 0 Å². The maximum absolute atomic E-state index is 13.3. The fraction of sp³-hybridized carbons (Fsp3) is 0.462. The Morgan fingerprint density at radius 3 is 2.24 bits per heavy atom. The second-order valence-corrected chi connectivity index (χ2v) is 12.3. The molecule has 2 amide bonds. The summed E-state index contributed by atoms with van der Waals surface area (Å²) in [4.78, 5) is 27.5. The summed E-state index contributed by atoms with van der Waals surface area (Å²) >= 11 is 3.36. The average Bonchev–Trinajstić information content (AvgIpc) is 2.83. The van der Waals surface area contributed by atoms with Crippen LogP contribution in [0.5, 0.6) is 0 Å². The molecule has 0 saturated heterocycles. The summed E-state index contributed by atoms with van der Waals surface area (Å²) in [7, 11) is -3.92. The zero-order chi connectivity index (χ0) is 28.7. The zero-order valence-electron chi connectivity index (χ0n) is 21.8. The number of nitrogens with one attached hydrogen (secondary N) is 1. The lowest BCUT2D eigenvalue weighted by molar-refractivity contribution is -0.140. The molecule has 38 heavy (non-hydrogen) atoms. The van der Waals surface area contributed by atoms with Gasteiger partial charge in [0.15, 0.2) is 0 Å². The summed E-state index contributed by atoms with van der Waals surface area (Å²) in [6.45, 7) is 5.93. The number of rotatable bonds is 12. The van der Waals surface area contributed by atoms with Gasteiger partial charge in [-0.3, -0.25) is 13.9 Å². The fourth-order valence-electron chi connectivity index (χ4n) is 3.66. The van der Waals surface area contributed by atoms with E-state index in [1.54, 1.807) is 6.92 Å². The van der Waals surface area contributed by atoms with E-state index in [0.717, 1.165) is 38.8 Å². The van der Waals surface area contributed by atoms with E-state index in [0.29, 0.717) is 6.54 Å². The van der Waals surface area contributed by atoms with E-state index in [4.69, 9.17) is 0 Å². The van der Waals surface area contributed by atoms with E-state index < -0.39 is 27.8 Å². The SMILES string of the molecule is CC(C)CNC(=O)[C@@H](C)N(Cc1ccc(Br)cc1)C(=O)CCCN(c1cccc(C(F)(F)F)c1)S(C)(=O)=O. The molecule has 2 aromatic rings. The zero-order valence-corrected chi connectivity index (χ0v) is 24.2. The minimum absolute atomic E-state index is 0.0410. The third kappa shape index (κ3) is 9.61. The van der Waals surface area contributed by atoms with Crippen molar-refractivity contribution < 1.29 is 31.2 Å². The fourth-order valence-corrected chi connectivity index (χ4v) is 4.88. The van der Waals surface area contributed by atoms with Gasteiger partial charge in [0.05, 0.1) is 17.5 Å². The molecule has 0 bridgehead atoms. The molecule has 0 aliphatic heterocycles. The van der Waals surface area contributed by atoms with Gasteiger partial charge >= 0.3 is 6.18 Å². The van der Waals surface area contributed by atoms with Crippen molar-refractivity contribution in [1.29, 1.82) is 0 Å². The number of sulfonamides is 1. The van der Waals surface area contributed by atoms with Gasteiger partial charge < -0.3 is 10.2 Å². The van der Waals surface area contributed by atoms with Crippen molar-refractivity contribution in [3.05, 3.63) is 64.1 Å². The first-order valence-electron chi connectivity index (χ1n) is 12.1. The van der Waals surface area contributed by atoms with E-state index in [1.165, 1.54) is 11.0 Å². The van der Waals surface area contributed by atoms with E-state index >= 15 is 0 Å². The lowest BCUT2D eigenvalue weighted by atomic mass is 10.1. The summed E-state index contributed by atoms with van der Waals surface area (Å²) in [5.41, 5.74) is -0.309. The Morgan fingerprint density at radius 2 is 1.68 bits per heavy atom. The van der Waals surface area contributed by atoms with Crippen LogP contribution in [0.1, 0.15) is 44.7 Å². The molecule has 210 valence electrons. The molecule has 0 aliphatic carbocycles. The highest BCUT2D eigenvalue weighted by Crippen LogP contribution is 2.32. The van der Waals surface area contributed by atoms with Gasteiger partial charge in [0, 0.05) is 30.5 Å². The summed E-state index contributed by atoms with van der Waals surface area (Å²) in [6, 6.07) is 10.5. The number of carbonyl (C=O) groups is 2. The van der Waals surface area contributed by atoms with Crippen molar-refractivity contribution in [2.45, 2.75) is 52.4 Å². The Labute approximate surface area is 230 Å². The van der Waals surface area contributed by atoms with Gasteiger partial charge in [-0.25, -0.2) is 8.42 Å². The molecule has 0 spiro atoms. The van der Waals surface area contributed by atoms with Crippen molar-refractivity contribution in [2.24, 2.45) is 5.92 Å². The molecule has 0 radical (unpaired) electrons. The maximum atomic E-state index is 13.3. The second kappa shape index (κ2) is 13.5. The molecule has 0 aromatic heterocycles. The van der Waals surface area contributed by atoms with Gasteiger partial charge in [-0.2, -0.15) is 13.2 Å². The van der Waals surface area contributed by atoms with E-state index in [2.05, 4.69) is 21.2 Å². The highest BCUT2D eigenvalue weighted by molar-refractivity contribution is 9.10. The summed E-state index contributed by atoms with van der Waals surface area (Å²) in [6.07, 6.45) is -3.80. The number of hydrogen-bond donors (Lipinski definition) is 1. The largest absolute Gasteiger partial charge is 0.416 e. The molecular formula is C26H33BrF3N3O4S. The van der Waals surface area contributed by atoms with Crippen molar-refractivity contribution in [2.75, 3.05) is 23.7 Å². The monoisotopic (exact) mass is 619 g/mol. The summed E-state index contributed by atoms with van der Waals surface area (Å²) in [5.74, 6) is -0.469. The predicted octanol–water partition coefficient (Wildman–Crippen LogP) is 5.20. The van der Waals surface area contributed by atoms with Crippen LogP contribution in [0.4, 0.5) is 18.9 Å². The lowest BCUT2D eigenvalue weighted by Crippen LogP contribution is -2.48. The molecule has 2 rings (SSSR count). The van der Waals surface area contributed by atoms with Crippen molar-refractivity contribution in [1.82, 2.24) is 10.2 Å². The smallest absolute Gasteiger partial charge is 0.354 e. The Kier molecular flexibility index (Phi) is 11.2. The van der Waals surface area contributed by atoms with Gasteiger partial charge in [-0.1, -0.05) is 48.0 Å². The normalized spacial score (nSPS) is 12.8. The van der Waals surface area contributed by atoms with Gasteiger partial charge in [0.2, 0.25) is 21.8 Å². The van der Waals surface area contributed by atoms with Gasteiger partial charge in [-0.15, -0.1) is 0 Å². The van der Waals surface area contributed by atoms with E-state index in [-0.39, 0.29) is 49.4 Å². The van der Waals surface area contributed by atoms with Crippen LogP contribution in [0.15, 0.2) is 53.0 Å². The van der Waals surface area contributed by atoms with Crippen LogP contribution in [0.3, 0.4) is 0 Å². The van der Waals surface area contributed by atoms with Crippen LogP contribution < -0.4 is 9.62 Å². The molecule has 12 heteroatoms. The minimum Gasteiger partial charge on any atom is -0.354 e. The van der Waals surface area contributed by atoms with Crippen LogP contribution in [0, 0.1) is 5.92 Å². The number of amides is 2. The molecule has 0 saturated carbocycles. The Hall–Kier alpha value is -2.60. The third-order valence-electron chi connectivity index (χ3n) is 5.73. The Bertz CT molecular complexity index is 1200. The van der Waals surface area contributed by atoms with Gasteiger partial charge in [0.25, 0.3) is 0 Å². The number of hydrogen-bond acceptors (Lipinski definition) is 4. The Morgan fingerprint density at radius 1 is 1.05 bits per heavy atom. The lowest BCUT2D eigenvalue weighted by Gasteiger charge is -2.29. The number of anilines is 1. The first kappa shape index (κ1) is 31.6. The third-order valence-corrected chi connectivity index (χ3v) is 7.45. The van der Waals surface area contributed by atoms with Crippen LogP contribution >= 0.6 is 15.9 Å². The average molecular weight is 621 g/mol. The van der Waals surface area contributed by atoms with Crippen LogP contribution in [-0.2, 0) is 32.3 Å². The molecular weight excluding hydrogens is 587 g/mol. The quantitative estimate of drug-likeness (QED) is 0.354. The highest BCUT2D eigenvalue weighted by atomic mass is 79.9. The van der Waals surface area contributed by atoms with Crippen LogP contribution in [0.25, 0.3) is 0 Å². The predicted molar refractivity (Wildman–Crippen MR) is 145 cm³/mol. The second-order valence-electron chi connectivity index (χ2n) is 9.45.